The molecule has 94 valence electrons. The lowest BCUT2D eigenvalue weighted by Gasteiger charge is -2.03. The maximum Gasteiger partial charge on any atom is 0.205 e. The van der Waals surface area contributed by atoms with E-state index >= 15 is 0 Å². The molecule has 0 aliphatic rings. The normalized spacial score (nSPS) is 10.5. The number of hydrogen-bond donors (Lipinski definition) is 4. The van der Waals surface area contributed by atoms with Gasteiger partial charge >= 0.3 is 0 Å². The Morgan fingerprint density at radius 2 is 1.84 bits per heavy atom. The van der Waals surface area contributed by atoms with Gasteiger partial charge in [-0.3, -0.25) is 5.41 Å². The number of para-hydroxylation sites is 2. The van der Waals surface area contributed by atoms with Crippen LogP contribution in [0, 0.1) is 5.41 Å². The number of benzene rings is 2. The number of rotatable bonds is 3. The molecule has 0 saturated heterocycles. The first-order chi connectivity index (χ1) is 9.22. The van der Waals surface area contributed by atoms with Crippen molar-refractivity contribution in [2.24, 2.45) is 5.73 Å². The minimum absolute atomic E-state index is 0.0651. The predicted octanol–water partition coefficient (Wildman–Crippen LogP) is 2.59. The zero-order chi connectivity index (χ0) is 13.2. The molecule has 2 aromatic carbocycles. The quantitative estimate of drug-likeness (QED) is 0.426. The van der Waals surface area contributed by atoms with E-state index in [2.05, 4.69) is 15.3 Å². The molecule has 1 heterocycles. The summed E-state index contributed by atoms with van der Waals surface area (Å²) in [4.78, 5) is 7.62. The highest BCUT2D eigenvalue weighted by Crippen LogP contribution is 2.18. The highest BCUT2D eigenvalue weighted by Gasteiger charge is 2.02. The van der Waals surface area contributed by atoms with Gasteiger partial charge in [0.1, 0.15) is 5.84 Å². The van der Waals surface area contributed by atoms with E-state index in [9.17, 15) is 0 Å². The van der Waals surface area contributed by atoms with Gasteiger partial charge in [-0.2, -0.15) is 0 Å². The van der Waals surface area contributed by atoms with Crippen LogP contribution in [0.2, 0.25) is 0 Å². The van der Waals surface area contributed by atoms with Crippen LogP contribution in [-0.4, -0.2) is 15.8 Å². The maximum absolute atomic E-state index is 7.34. The van der Waals surface area contributed by atoms with Crippen LogP contribution < -0.4 is 11.1 Å². The largest absolute Gasteiger partial charge is 0.384 e. The first-order valence-corrected chi connectivity index (χ1v) is 5.88. The Labute approximate surface area is 110 Å². The molecule has 3 rings (SSSR count). The standard InChI is InChI=1S/C14H13N5/c15-13(16)9-5-7-10(8-6-9)17-14-18-11-3-1-2-4-12(11)19-14/h1-8H,(H3,15,16)(H2,17,18,19). The summed E-state index contributed by atoms with van der Waals surface area (Å²) in [7, 11) is 0. The van der Waals surface area contributed by atoms with E-state index in [1.807, 2.05) is 36.4 Å². The van der Waals surface area contributed by atoms with E-state index in [0.717, 1.165) is 16.7 Å². The van der Waals surface area contributed by atoms with Crippen molar-refractivity contribution in [3.8, 4) is 0 Å². The number of nitrogens with zero attached hydrogens (tertiary/aromatic N) is 1. The lowest BCUT2D eigenvalue weighted by atomic mass is 10.2. The van der Waals surface area contributed by atoms with Gasteiger partial charge in [-0.05, 0) is 36.4 Å². The molecule has 5 heteroatoms. The number of nitrogens with two attached hydrogens (primary N) is 1. The third-order valence-electron chi connectivity index (χ3n) is 2.85. The Kier molecular flexibility index (Phi) is 2.64. The van der Waals surface area contributed by atoms with Crippen molar-refractivity contribution in [1.82, 2.24) is 9.97 Å². The van der Waals surface area contributed by atoms with Gasteiger partial charge in [0.25, 0.3) is 0 Å². The maximum atomic E-state index is 7.34. The third kappa shape index (κ3) is 2.26. The highest BCUT2D eigenvalue weighted by atomic mass is 15.1. The number of aromatic amines is 1. The lowest BCUT2D eigenvalue weighted by Crippen LogP contribution is -2.10. The Morgan fingerprint density at radius 1 is 1.11 bits per heavy atom. The molecule has 0 fully saturated rings. The number of anilines is 2. The first-order valence-electron chi connectivity index (χ1n) is 5.88. The van der Waals surface area contributed by atoms with Crippen LogP contribution in [0.3, 0.4) is 0 Å². The fourth-order valence-corrected chi connectivity index (χ4v) is 1.88. The smallest absolute Gasteiger partial charge is 0.205 e. The fourth-order valence-electron chi connectivity index (χ4n) is 1.88. The number of amidine groups is 1. The van der Waals surface area contributed by atoms with Crippen LogP contribution in [0.5, 0.6) is 0 Å². The number of aromatic nitrogens is 2. The predicted molar refractivity (Wildman–Crippen MR) is 76.8 cm³/mol. The van der Waals surface area contributed by atoms with Gasteiger partial charge in [0.2, 0.25) is 5.95 Å². The molecule has 0 bridgehead atoms. The van der Waals surface area contributed by atoms with Crippen molar-refractivity contribution in [3.05, 3.63) is 54.1 Å². The van der Waals surface area contributed by atoms with Gasteiger partial charge in [0.15, 0.2) is 0 Å². The summed E-state index contributed by atoms with van der Waals surface area (Å²) in [5.41, 5.74) is 8.92. The van der Waals surface area contributed by atoms with Crippen molar-refractivity contribution in [3.63, 3.8) is 0 Å². The molecule has 0 spiro atoms. The second-order valence-corrected chi connectivity index (χ2v) is 4.22. The Hall–Kier alpha value is -2.82. The molecule has 5 N–H and O–H groups in total. The molecule has 19 heavy (non-hydrogen) atoms. The van der Waals surface area contributed by atoms with Crippen molar-refractivity contribution >= 4 is 28.5 Å². The van der Waals surface area contributed by atoms with Gasteiger partial charge in [-0.1, -0.05) is 12.1 Å². The van der Waals surface area contributed by atoms with Gasteiger partial charge in [0.05, 0.1) is 11.0 Å². The summed E-state index contributed by atoms with van der Waals surface area (Å²) < 4.78 is 0. The van der Waals surface area contributed by atoms with Gasteiger partial charge in [-0.15, -0.1) is 0 Å². The highest BCUT2D eigenvalue weighted by molar-refractivity contribution is 5.95. The van der Waals surface area contributed by atoms with E-state index in [1.165, 1.54) is 0 Å². The average Bonchev–Trinajstić information content (AvgIpc) is 2.81. The summed E-state index contributed by atoms with van der Waals surface area (Å²) >= 11 is 0. The summed E-state index contributed by atoms with van der Waals surface area (Å²) in [6.07, 6.45) is 0. The van der Waals surface area contributed by atoms with Crippen molar-refractivity contribution < 1.29 is 0 Å². The van der Waals surface area contributed by atoms with E-state index in [-0.39, 0.29) is 5.84 Å². The molecular formula is C14H13N5. The van der Waals surface area contributed by atoms with Crippen LogP contribution in [-0.2, 0) is 0 Å². The molecule has 0 saturated carbocycles. The molecule has 0 amide bonds. The summed E-state index contributed by atoms with van der Waals surface area (Å²) in [6, 6.07) is 15.2. The summed E-state index contributed by atoms with van der Waals surface area (Å²) in [5.74, 6) is 0.757. The fraction of sp³-hybridized carbons (Fsp3) is 0. The number of fused-ring (bicyclic) bond motifs is 1. The van der Waals surface area contributed by atoms with Crippen molar-refractivity contribution in [2.75, 3.05) is 5.32 Å². The van der Waals surface area contributed by atoms with Crippen molar-refractivity contribution in [2.45, 2.75) is 0 Å². The first kappa shape index (κ1) is 11.3. The third-order valence-corrected chi connectivity index (χ3v) is 2.85. The van der Waals surface area contributed by atoms with Crippen LogP contribution in [0.25, 0.3) is 11.0 Å². The monoisotopic (exact) mass is 251 g/mol. The molecule has 0 unspecified atom stereocenters. The second-order valence-electron chi connectivity index (χ2n) is 4.22. The second kappa shape index (κ2) is 4.45. The zero-order valence-corrected chi connectivity index (χ0v) is 10.1. The molecule has 3 aromatic rings. The number of H-pyrrole nitrogens is 1. The molecule has 5 nitrogen and oxygen atoms in total. The molecule has 0 aliphatic carbocycles. The summed E-state index contributed by atoms with van der Waals surface area (Å²) in [5, 5.41) is 10.5. The number of nitrogen functional groups attached to an aromatic ring is 1. The number of nitrogens with one attached hydrogen (secondary N) is 3. The Balaban J connectivity index is 1.86. The van der Waals surface area contributed by atoms with E-state index in [4.69, 9.17) is 11.1 Å². The van der Waals surface area contributed by atoms with Crippen LogP contribution in [0.15, 0.2) is 48.5 Å². The van der Waals surface area contributed by atoms with Gasteiger partial charge < -0.3 is 16.0 Å². The summed E-state index contributed by atoms with van der Waals surface area (Å²) in [6.45, 7) is 0. The van der Waals surface area contributed by atoms with E-state index < -0.39 is 0 Å². The number of hydrogen-bond acceptors (Lipinski definition) is 3. The van der Waals surface area contributed by atoms with Gasteiger partial charge in [0, 0.05) is 11.3 Å². The topological polar surface area (TPSA) is 90.6 Å². The number of imidazole rings is 1. The van der Waals surface area contributed by atoms with Crippen molar-refractivity contribution in [1.29, 1.82) is 5.41 Å². The molecule has 0 aliphatic heterocycles. The minimum atomic E-state index is 0.0651. The SMILES string of the molecule is N=C(N)c1ccc(Nc2nc3ccccc3[nH]2)cc1. The Morgan fingerprint density at radius 3 is 2.53 bits per heavy atom. The lowest BCUT2D eigenvalue weighted by molar-refractivity contribution is 1.31. The minimum Gasteiger partial charge on any atom is -0.384 e. The van der Waals surface area contributed by atoms with Crippen LogP contribution >= 0.6 is 0 Å². The zero-order valence-electron chi connectivity index (χ0n) is 10.1. The molecule has 0 radical (unpaired) electrons. The average molecular weight is 251 g/mol. The molecular weight excluding hydrogens is 238 g/mol. The van der Waals surface area contributed by atoms with Gasteiger partial charge in [-0.25, -0.2) is 4.98 Å². The van der Waals surface area contributed by atoms with E-state index in [1.54, 1.807) is 12.1 Å². The van der Waals surface area contributed by atoms with Crippen LogP contribution in [0.1, 0.15) is 5.56 Å². The van der Waals surface area contributed by atoms with E-state index in [0.29, 0.717) is 11.5 Å². The molecule has 1 aromatic heterocycles. The van der Waals surface area contributed by atoms with Crippen LogP contribution in [0.4, 0.5) is 11.6 Å². The molecule has 0 atom stereocenters. The Bertz CT molecular complexity index is 694.